The first-order chi connectivity index (χ1) is 11.1. The number of amides is 1. The molecule has 0 saturated heterocycles. The smallest absolute Gasteiger partial charge is 0.272 e. The zero-order valence-corrected chi connectivity index (χ0v) is 12.8. The average molecular weight is 307 g/mol. The van der Waals surface area contributed by atoms with Crippen LogP contribution in [0.2, 0.25) is 0 Å². The van der Waals surface area contributed by atoms with Gasteiger partial charge in [0.15, 0.2) is 5.69 Å². The maximum Gasteiger partial charge on any atom is 0.272 e. The summed E-state index contributed by atoms with van der Waals surface area (Å²) in [6, 6.07) is 15.1. The summed E-state index contributed by atoms with van der Waals surface area (Å²) in [5, 5.41) is 10.1. The number of H-pyrrole nitrogens is 1. The number of nitrogens with zero attached hydrogens (tertiary/aromatic N) is 1. The van der Waals surface area contributed by atoms with Crippen molar-refractivity contribution < 1.29 is 4.79 Å². The molecule has 116 valence electrons. The quantitative estimate of drug-likeness (QED) is 0.776. The van der Waals surface area contributed by atoms with E-state index < -0.39 is 0 Å². The van der Waals surface area contributed by atoms with Crippen LogP contribution in [0.15, 0.2) is 53.3 Å². The van der Waals surface area contributed by atoms with Crippen LogP contribution in [-0.4, -0.2) is 22.6 Å². The number of aromatic nitrogens is 2. The van der Waals surface area contributed by atoms with Gasteiger partial charge < -0.3 is 5.32 Å². The van der Waals surface area contributed by atoms with Crippen molar-refractivity contribution in [2.75, 3.05) is 6.54 Å². The summed E-state index contributed by atoms with van der Waals surface area (Å²) in [5.41, 5.74) is 2.31. The van der Waals surface area contributed by atoms with Crippen molar-refractivity contribution >= 4 is 16.7 Å². The maximum atomic E-state index is 12.3. The summed E-state index contributed by atoms with van der Waals surface area (Å²) < 4.78 is 0. The topological polar surface area (TPSA) is 74.8 Å². The van der Waals surface area contributed by atoms with Crippen LogP contribution < -0.4 is 10.9 Å². The number of aryl methyl sites for hydroxylation is 1. The lowest BCUT2D eigenvalue weighted by Gasteiger charge is -2.07. The second-order valence-electron chi connectivity index (χ2n) is 5.44. The molecule has 0 aliphatic heterocycles. The van der Waals surface area contributed by atoms with Crippen molar-refractivity contribution in [3.05, 3.63) is 75.7 Å². The van der Waals surface area contributed by atoms with E-state index in [1.54, 1.807) is 24.3 Å². The second kappa shape index (κ2) is 6.44. The van der Waals surface area contributed by atoms with Crippen LogP contribution in [0.25, 0.3) is 10.8 Å². The molecule has 1 heterocycles. The molecule has 0 spiro atoms. The average Bonchev–Trinajstić information content (AvgIpc) is 2.55. The van der Waals surface area contributed by atoms with Gasteiger partial charge in [-0.05, 0) is 25.0 Å². The SMILES string of the molecule is Cc1cccc(CCNC(=O)c2n[nH]c(=O)c3ccccc23)c1. The lowest BCUT2D eigenvalue weighted by molar-refractivity contribution is 0.0950. The number of nitrogens with one attached hydrogen (secondary N) is 2. The number of benzene rings is 2. The molecule has 1 amide bonds. The van der Waals surface area contributed by atoms with Crippen LogP contribution in [0.5, 0.6) is 0 Å². The fourth-order valence-electron chi connectivity index (χ4n) is 2.56. The molecule has 1 aromatic heterocycles. The largest absolute Gasteiger partial charge is 0.350 e. The van der Waals surface area contributed by atoms with E-state index in [9.17, 15) is 9.59 Å². The Labute approximate surface area is 133 Å². The standard InChI is InChI=1S/C18H17N3O2/c1-12-5-4-6-13(11-12)9-10-19-18(23)16-14-7-2-3-8-15(14)17(22)21-20-16/h2-8,11H,9-10H2,1H3,(H,19,23)(H,21,22). The molecule has 0 radical (unpaired) electrons. The molecule has 0 fully saturated rings. The van der Waals surface area contributed by atoms with Crippen LogP contribution in [0, 0.1) is 6.92 Å². The molecule has 0 atom stereocenters. The molecule has 3 rings (SSSR count). The van der Waals surface area contributed by atoms with E-state index in [-0.39, 0.29) is 17.2 Å². The Hall–Kier alpha value is -2.95. The molecule has 0 aliphatic rings. The van der Waals surface area contributed by atoms with Crippen molar-refractivity contribution in [2.45, 2.75) is 13.3 Å². The third kappa shape index (κ3) is 3.29. The van der Waals surface area contributed by atoms with Crippen LogP contribution in [0.3, 0.4) is 0 Å². The Kier molecular flexibility index (Phi) is 4.19. The maximum absolute atomic E-state index is 12.3. The molecule has 0 unspecified atom stereocenters. The van der Waals surface area contributed by atoms with Gasteiger partial charge in [0.25, 0.3) is 11.5 Å². The number of carbonyl (C=O) groups is 1. The number of aromatic amines is 1. The highest BCUT2D eigenvalue weighted by molar-refractivity contribution is 6.04. The summed E-state index contributed by atoms with van der Waals surface area (Å²) in [7, 11) is 0. The number of carbonyl (C=O) groups excluding carboxylic acids is 1. The Balaban J connectivity index is 1.74. The predicted octanol–water partition coefficient (Wildman–Crippen LogP) is 2.20. The summed E-state index contributed by atoms with van der Waals surface area (Å²) >= 11 is 0. The summed E-state index contributed by atoms with van der Waals surface area (Å²) in [5.74, 6) is -0.287. The van der Waals surface area contributed by atoms with E-state index in [1.807, 2.05) is 25.1 Å². The van der Waals surface area contributed by atoms with Gasteiger partial charge in [-0.2, -0.15) is 5.10 Å². The molecule has 0 bridgehead atoms. The van der Waals surface area contributed by atoms with E-state index in [2.05, 4.69) is 21.6 Å². The number of fused-ring (bicyclic) bond motifs is 1. The van der Waals surface area contributed by atoms with Gasteiger partial charge >= 0.3 is 0 Å². The predicted molar refractivity (Wildman–Crippen MR) is 89.6 cm³/mol. The van der Waals surface area contributed by atoms with Gasteiger partial charge in [-0.25, -0.2) is 5.10 Å². The zero-order chi connectivity index (χ0) is 16.2. The molecule has 2 aromatic carbocycles. The van der Waals surface area contributed by atoms with E-state index in [1.165, 1.54) is 11.1 Å². The monoisotopic (exact) mass is 307 g/mol. The van der Waals surface area contributed by atoms with Gasteiger partial charge in [-0.3, -0.25) is 9.59 Å². The van der Waals surface area contributed by atoms with Crippen molar-refractivity contribution in [3.8, 4) is 0 Å². The Morgan fingerprint density at radius 2 is 1.91 bits per heavy atom. The van der Waals surface area contributed by atoms with Crippen LogP contribution in [0.4, 0.5) is 0 Å². The van der Waals surface area contributed by atoms with Gasteiger partial charge in [0.2, 0.25) is 0 Å². The summed E-state index contributed by atoms with van der Waals surface area (Å²) in [4.78, 5) is 24.1. The Morgan fingerprint density at radius 3 is 2.70 bits per heavy atom. The van der Waals surface area contributed by atoms with Gasteiger partial charge in [-0.1, -0.05) is 48.0 Å². The van der Waals surface area contributed by atoms with Gasteiger partial charge in [0.05, 0.1) is 5.39 Å². The normalized spacial score (nSPS) is 10.7. The van der Waals surface area contributed by atoms with Crippen molar-refractivity contribution in [3.63, 3.8) is 0 Å². The third-order valence-corrected chi connectivity index (χ3v) is 3.69. The molecule has 2 N–H and O–H groups in total. The number of hydrogen-bond donors (Lipinski definition) is 2. The fourth-order valence-corrected chi connectivity index (χ4v) is 2.56. The Bertz CT molecular complexity index is 915. The lowest BCUT2D eigenvalue weighted by Crippen LogP contribution is -2.28. The Morgan fingerprint density at radius 1 is 1.13 bits per heavy atom. The number of rotatable bonds is 4. The van der Waals surface area contributed by atoms with Crippen molar-refractivity contribution in [2.24, 2.45) is 0 Å². The third-order valence-electron chi connectivity index (χ3n) is 3.69. The molecule has 3 aromatic rings. The van der Waals surface area contributed by atoms with Crippen molar-refractivity contribution in [1.82, 2.24) is 15.5 Å². The first-order valence-electron chi connectivity index (χ1n) is 7.46. The molecule has 5 heteroatoms. The highest BCUT2D eigenvalue weighted by Crippen LogP contribution is 2.12. The molecular formula is C18H17N3O2. The highest BCUT2D eigenvalue weighted by atomic mass is 16.2. The first kappa shape index (κ1) is 15.0. The van der Waals surface area contributed by atoms with Crippen LogP contribution in [0.1, 0.15) is 21.6 Å². The van der Waals surface area contributed by atoms with E-state index in [0.29, 0.717) is 17.3 Å². The minimum absolute atomic E-state index is 0.240. The van der Waals surface area contributed by atoms with Crippen LogP contribution >= 0.6 is 0 Å². The molecule has 0 aliphatic carbocycles. The summed E-state index contributed by atoms with van der Waals surface area (Å²) in [6.45, 7) is 2.55. The molecule has 0 saturated carbocycles. The van der Waals surface area contributed by atoms with Crippen molar-refractivity contribution in [1.29, 1.82) is 0 Å². The minimum atomic E-state index is -0.295. The van der Waals surface area contributed by atoms with E-state index in [4.69, 9.17) is 0 Å². The molecule has 23 heavy (non-hydrogen) atoms. The fraction of sp³-hybridized carbons (Fsp3) is 0.167. The number of hydrogen-bond acceptors (Lipinski definition) is 3. The van der Waals surface area contributed by atoms with E-state index >= 15 is 0 Å². The molecular weight excluding hydrogens is 290 g/mol. The highest BCUT2D eigenvalue weighted by Gasteiger charge is 2.13. The van der Waals surface area contributed by atoms with Gasteiger partial charge in [0, 0.05) is 11.9 Å². The summed E-state index contributed by atoms with van der Waals surface area (Å²) in [6.07, 6.45) is 0.745. The van der Waals surface area contributed by atoms with Gasteiger partial charge in [-0.15, -0.1) is 0 Å². The van der Waals surface area contributed by atoms with Gasteiger partial charge in [0.1, 0.15) is 0 Å². The first-order valence-corrected chi connectivity index (χ1v) is 7.46. The zero-order valence-electron chi connectivity index (χ0n) is 12.8. The second-order valence-corrected chi connectivity index (χ2v) is 5.44. The van der Waals surface area contributed by atoms with E-state index in [0.717, 1.165) is 6.42 Å². The molecule has 5 nitrogen and oxygen atoms in total. The minimum Gasteiger partial charge on any atom is -0.350 e. The van der Waals surface area contributed by atoms with Crippen LogP contribution in [-0.2, 0) is 6.42 Å². The lowest BCUT2D eigenvalue weighted by atomic mass is 10.1.